The number of rotatable bonds is 4. The molecule has 3 aromatic rings. The lowest BCUT2D eigenvalue weighted by molar-refractivity contribution is 0.00567. The normalized spacial score (nSPS) is 11.2. The van der Waals surface area contributed by atoms with Gasteiger partial charge in [0.25, 0.3) is 0 Å². The largest absolute Gasteiger partial charge is 0.446 e. The smallest absolute Gasteiger partial charge is 0.342 e. The van der Waals surface area contributed by atoms with Gasteiger partial charge in [0.05, 0.1) is 5.56 Å². The number of hydrogen-bond acceptors (Lipinski definition) is 2. The van der Waals surface area contributed by atoms with E-state index in [4.69, 9.17) is 4.74 Å². The molecule has 0 atom stereocenters. The molecule has 126 valence electrons. The molecule has 3 rings (SSSR count). The highest BCUT2D eigenvalue weighted by molar-refractivity contribution is 5.90. The van der Waals surface area contributed by atoms with Crippen LogP contribution in [0.3, 0.4) is 0 Å². The molecule has 0 aliphatic rings. The SMILES string of the molecule is Cc1ccc(C(=O)OC(C)(c2ccccc2)c2ccccc2)c(F)c1. The number of hydrogen-bond donors (Lipinski definition) is 0. The standard InChI is InChI=1S/C22H19FO2/c1-16-13-14-19(20(23)15-16)21(24)25-22(2,17-9-5-3-6-10-17)18-11-7-4-8-12-18/h3-15H,1-2H3. The first-order valence-corrected chi connectivity index (χ1v) is 8.11. The molecule has 2 nitrogen and oxygen atoms in total. The summed E-state index contributed by atoms with van der Waals surface area (Å²) in [6, 6.07) is 23.4. The molecule has 0 aliphatic carbocycles. The number of benzene rings is 3. The number of ether oxygens (including phenoxy) is 1. The molecule has 0 N–H and O–H groups in total. The van der Waals surface area contributed by atoms with Crippen molar-refractivity contribution in [2.75, 3.05) is 0 Å². The van der Waals surface area contributed by atoms with Crippen LogP contribution in [0.15, 0.2) is 78.9 Å². The fourth-order valence-electron chi connectivity index (χ4n) is 2.82. The number of carbonyl (C=O) groups is 1. The highest BCUT2D eigenvalue weighted by Crippen LogP contribution is 2.34. The molecule has 3 heteroatoms. The van der Waals surface area contributed by atoms with Crippen LogP contribution in [0.1, 0.15) is 34.0 Å². The number of esters is 1. The van der Waals surface area contributed by atoms with Crippen LogP contribution in [-0.4, -0.2) is 5.97 Å². The van der Waals surface area contributed by atoms with Crippen LogP contribution in [-0.2, 0) is 10.3 Å². The predicted octanol–water partition coefficient (Wildman–Crippen LogP) is 5.25. The quantitative estimate of drug-likeness (QED) is 0.609. The molecule has 3 aromatic carbocycles. The van der Waals surface area contributed by atoms with E-state index < -0.39 is 17.4 Å². The Morgan fingerprint density at radius 2 is 1.40 bits per heavy atom. The second-order valence-electron chi connectivity index (χ2n) is 6.14. The minimum atomic E-state index is -1.02. The van der Waals surface area contributed by atoms with E-state index in [9.17, 15) is 9.18 Å². The first-order chi connectivity index (χ1) is 12.0. The van der Waals surface area contributed by atoms with Gasteiger partial charge >= 0.3 is 5.97 Å². The minimum Gasteiger partial charge on any atom is -0.446 e. The van der Waals surface area contributed by atoms with Crippen LogP contribution in [0.5, 0.6) is 0 Å². The Balaban J connectivity index is 2.03. The van der Waals surface area contributed by atoms with Crippen molar-refractivity contribution in [3.05, 3.63) is 107 Å². The number of carbonyl (C=O) groups excluding carboxylic acids is 1. The summed E-state index contributed by atoms with van der Waals surface area (Å²) in [5.74, 6) is -1.26. The highest BCUT2D eigenvalue weighted by atomic mass is 19.1. The van der Waals surface area contributed by atoms with Crippen molar-refractivity contribution in [1.29, 1.82) is 0 Å². The van der Waals surface area contributed by atoms with Crippen molar-refractivity contribution in [2.45, 2.75) is 19.4 Å². The summed E-state index contributed by atoms with van der Waals surface area (Å²) in [4.78, 5) is 12.7. The second-order valence-corrected chi connectivity index (χ2v) is 6.14. The first kappa shape index (κ1) is 16.9. The zero-order chi connectivity index (χ0) is 17.9. The monoisotopic (exact) mass is 334 g/mol. The van der Waals surface area contributed by atoms with Gasteiger partial charge in [0.2, 0.25) is 0 Å². The first-order valence-electron chi connectivity index (χ1n) is 8.11. The number of halogens is 1. The van der Waals surface area contributed by atoms with Crippen LogP contribution in [0.2, 0.25) is 0 Å². The molecule has 0 saturated heterocycles. The molecule has 0 radical (unpaired) electrons. The summed E-state index contributed by atoms with van der Waals surface area (Å²) in [5, 5.41) is 0. The van der Waals surface area contributed by atoms with Gasteiger partial charge in [0.1, 0.15) is 5.82 Å². The van der Waals surface area contributed by atoms with E-state index in [0.717, 1.165) is 16.7 Å². The molecular formula is C22H19FO2. The fraction of sp³-hybridized carbons (Fsp3) is 0.136. The third kappa shape index (κ3) is 3.45. The van der Waals surface area contributed by atoms with Gasteiger partial charge in [-0.25, -0.2) is 9.18 Å². The van der Waals surface area contributed by atoms with Gasteiger partial charge in [-0.2, -0.15) is 0 Å². The Morgan fingerprint density at radius 3 is 1.88 bits per heavy atom. The van der Waals surface area contributed by atoms with Crippen molar-refractivity contribution in [1.82, 2.24) is 0 Å². The van der Waals surface area contributed by atoms with E-state index in [1.807, 2.05) is 67.6 Å². The Labute approximate surface area is 146 Å². The Kier molecular flexibility index (Phi) is 4.66. The fourth-order valence-corrected chi connectivity index (χ4v) is 2.82. The highest BCUT2D eigenvalue weighted by Gasteiger charge is 2.34. The predicted molar refractivity (Wildman–Crippen MR) is 95.9 cm³/mol. The maximum atomic E-state index is 14.2. The van der Waals surface area contributed by atoms with Gasteiger partial charge in [0.15, 0.2) is 5.60 Å². The van der Waals surface area contributed by atoms with Crippen molar-refractivity contribution in [3.63, 3.8) is 0 Å². The summed E-state index contributed by atoms with van der Waals surface area (Å²) >= 11 is 0. The lowest BCUT2D eigenvalue weighted by atomic mass is 9.88. The molecule has 0 aromatic heterocycles. The lowest BCUT2D eigenvalue weighted by Gasteiger charge is -2.31. The van der Waals surface area contributed by atoms with Gasteiger partial charge in [0, 0.05) is 0 Å². The van der Waals surface area contributed by atoms with Crippen molar-refractivity contribution >= 4 is 5.97 Å². The minimum absolute atomic E-state index is 0.0660. The maximum absolute atomic E-state index is 14.2. The van der Waals surface area contributed by atoms with E-state index in [-0.39, 0.29) is 5.56 Å². The summed E-state index contributed by atoms with van der Waals surface area (Å²) < 4.78 is 20.0. The molecule has 0 saturated carbocycles. The Morgan fingerprint density at radius 1 is 0.880 bits per heavy atom. The van der Waals surface area contributed by atoms with Crippen LogP contribution < -0.4 is 0 Å². The molecular weight excluding hydrogens is 315 g/mol. The van der Waals surface area contributed by atoms with Gasteiger partial charge in [-0.3, -0.25) is 0 Å². The topological polar surface area (TPSA) is 26.3 Å². The Hall–Kier alpha value is -2.94. The van der Waals surface area contributed by atoms with Crippen molar-refractivity contribution in [3.8, 4) is 0 Å². The van der Waals surface area contributed by atoms with Crippen LogP contribution in [0, 0.1) is 12.7 Å². The van der Waals surface area contributed by atoms with Crippen LogP contribution in [0.4, 0.5) is 4.39 Å². The average molecular weight is 334 g/mol. The van der Waals surface area contributed by atoms with Gasteiger partial charge in [-0.05, 0) is 42.7 Å². The zero-order valence-electron chi connectivity index (χ0n) is 14.2. The summed E-state index contributed by atoms with van der Waals surface area (Å²) in [6.07, 6.45) is 0. The van der Waals surface area contributed by atoms with Crippen LogP contribution in [0.25, 0.3) is 0 Å². The molecule has 0 aliphatic heterocycles. The number of aryl methyl sites for hydroxylation is 1. The maximum Gasteiger partial charge on any atom is 0.342 e. The van der Waals surface area contributed by atoms with E-state index in [2.05, 4.69) is 0 Å². The van der Waals surface area contributed by atoms with E-state index in [0.29, 0.717) is 0 Å². The molecule has 0 spiro atoms. The molecule has 0 heterocycles. The van der Waals surface area contributed by atoms with Crippen LogP contribution >= 0.6 is 0 Å². The van der Waals surface area contributed by atoms with Gasteiger partial charge in [-0.15, -0.1) is 0 Å². The summed E-state index contributed by atoms with van der Waals surface area (Å²) in [6.45, 7) is 3.60. The molecule has 0 bridgehead atoms. The third-order valence-electron chi connectivity index (χ3n) is 4.29. The third-order valence-corrected chi connectivity index (χ3v) is 4.29. The van der Waals surface area contributed by atoms with E-state index in [1.54, 1.807) is 13.0 Å². The molecule has 25 heavy (non-hydrogen) atoms. The molecule has 0 amide bonds. The molecule has 0 unspecified atom stereocenters. The summed E-state index contributed by atoms with van der Waals surface area (Å²) in [7, 11) is 0. The summed E-state index contributed by atoms with van der Waals surface area (Å²) in [5.41, 5.74) is 1.31. The van der Waals surface area contributed by atoms with Gasteiger partial charge in [-0.1, -0.05) is 66.7 Å². The van der Waals surface area contributed by atoms with Crippen molar-refractivity contribution < 1.29 is 13.9 Å². The lowest BCUT2D eigenvalue weighted by Crippen LogP contribution is -2.31. The van der Waals surface area contributed by atoms with Crippen molar-refractivity contribution in [2.24, 2.45) is 0 Å². The average Bonchev–Trinajstić information content (AvgIpc) is 2.63. The van der Waals surface area contributed by atoms with E-state index >= 15 is 0 Å². The molecule has 0 fully saturated rings. The Bertz CT molecular complexity index is 834. The van der Waals surface area contributed by atoms with Gasteiger partial charge < -0.3 is 4.74 Å². The zero-order valence-corrected chi connectivity index (χ0v) is 14.2. The second kappa shape index (κ2) is 6.89. The van der Waals surface area contributed by atoms with E-state index in [1.165, 1.54) is 12.1 Å².